The van der Waals surface area contributed by atoms with Crippen LogP contribution in [0.3, 0.4) is 0 Å². The molecule has 0 spiro atoms. The standard InChI is InChI=1S/C15H10BrIN2O/c16-9-6-12-13(18)4-5-14(15(12)19-8-9)20-11-3-1-2-10(17)7-11/h1-8H,18H2. The third-order valence-electron chi connectivity index (χ3n) is 2.84. The lowest BCUT2D eigenvalue weighted by atomic mass is 10.1. The van der Waals surface area contributed by atoms with Crippen LogP contribution in [0.25, 0.3) is 10.9 Å². The molecule has 2 aromatic carbocycles. The van der Waals surface area contributed by atoms with Crippen LogP contribution in [0.1, 0.15) is 0 Å². The number of ether oxygens (including phenoxy) is 1. The van der Waals surface area contributed by atoms with Crippen LogP contribution < -0.4 is 10.5 Å². The van der Waals surface area contributed by atoms with E-state index in [9.17, 15) is 0 Å². The molecule has 0 amide bonds. The molecule has 0 aliphatic rings. The van der Waals surface area contributed by atoms with Crippen molar-refractivity contribution in [1.29, 1.82) is 0 Å². The molecule has 0 atom stereocenters. The van der Waals surface area contributed by atoms with Crippen molar-refractivity contribution in [3.63, 3.8) is 0 Å². The summed E-state index contributed by atoms with van der Waals surface area (Å²) in [5, 5.41) is 0.877. The molecule has 0 radical (unpaired) electrons. The van der Waals surface area contributed by atoms with Gasteiger partial charge in [0.25, 0.3) is 0 Å². The number of hydrogen-bond donors (Lipinski definition) is 1. The molecule has 5 heteroatoms. The number of hydrogen-bond acceptors (Lipinski definition) is 3. The second-order valence-corrected chi connectivity index (χ2v) is 6.42. The molecule has 0 fully saturated rings. The zero-order valence-electron chi connectivity index (χ0n) is 10.3. The van der Waals surface area contributed by atoms with Crippen molar-refractivity contribution in [3.05, 3.63) is 56.7 Å². The molecule has 0 aliphatic heterocycles. The number of nitrogens with zero attached hydrogens (tertiary/aromatic N) is 1. The Hall–Kier alpha value is -1.34. The third kappa shape index (κ3) is 2.73. The summed E-state index contributed by atoms with van der Waals surface area (Å²) in [6, 6.07) is 13.5. The largest absolute Gasteiger partial charge is 0.455 e. The van der Waals surface area contributed by atoms with Crippen molar-refractivity contribution >= 4 is 55.1 Å². The normalized spacial score (nSPS) is 10.7. The van der Waals surface area contributed by atoms with Crippen LogP contribution in [0, 0.1) is 3.57 Å². The summed E-state index contributed by atoms with van der Waals surface area (Å²) in [6.07, 6.45) is 1.74. The van der Waals surface area contributed by atoms with E-state index in [0.717, 1.165) is 24.7 Å². The van der Waals surface area contributed by atoms with Gasteiger partial charge in [-0.1, -0.05) is 6.07 Å². The van der Waals surface area contributed by atoms with Crippen LogP contribution in [0.15, 0.2) is 53.1 Å². The van der Waals surface area contributed by atoms with Crippen molar-refractivity contribution in [2.75, 3.05) is 5.73 Å². The second-order valence-electron chi connectivity index (χ2n) is 4.26. The minimum atomic E-state index is 0.684. The van der Waals surface area contributed by atoms with Gasteiger partial charge in [0.2, 0.25) is 0 Å². The highest BCUT2D eigenvalue weighted by Gasteiger charge is 2.08. The monoisotopic (exact) mass is 440 g/mol. The third-order valence-corrected chi connectivity index (χ3v) is 3.94. The van der Waals surface area contributed by atoms with Crippen LogP contribution >= 0.6 is 38.5 Å². The van der Waals surface area contributed by atoms with Crippen molar-refractivity contribution in [2.24, 2.45) is 0 Å². The molecular formula is C15H10BrIN2O. The van der Waals surface area contributed by atoms with Gasteiger partial charge in [-0.3, -0.25) is 4.98 Å². The van der Waals surface area contributed by atoms with E-state index in [1.807, 2.05) is 42.5 Å². The molecule has 100 valence electrons. The molecular weight excluding hydrogens is 431 g/mol. The Kier molecular flexibility index (Phi) is 3.80. The first-order valence-corrected chi connectivity index (χ1v) is 7.78. The van der Waals surface area contributed by atoms with E-state index < -0.39 is 0 Å². The molecule has 3 rings (SSSR count). The zero-order valence-corrected chi connectivity index (χ0v) is 14.1. The van der Waals surface area contributed by atoms with Crippen LogP contribution in [-0.4, -0.2) is 4.98 Å². The first-order chi connectivity index (χ1) is 9.63. The summed E-state index contributed by atoms with van der Waals surface area (Å²) in [7, 11) is 0. The average Bonchev–Trinajstić information content (AvgIpc) is 2.42. The predicted octanol–water partition coefficient (Wildman–Crippen LogP) is 4.98. The lowest BCUT2D eigenvalue weighted by molar-refractivity contribution is 0.487. The lowest BCUT2D eigenvalue weighted by Gasteiger charge is -2.10. The maximum absolute atomic E-state index is 5.99. The maximum Gasteiger partial charge on any atom is 0.153 e. The fourth-order valence-electron chi connectivity index (χ4n) is 1.93. The fraction of sp³-hybridized carbons (Fsp3) is 0. The average molecular weight is 441 g/mol. The minimum absolute atomic E-state index is 0.684. The molecule has 0 saturated carbocycles. The zero-order chi connectivity index (χ0) is 14.1. The first kappa shape index (κ1) is 13.6. The SMILES string of the molecule is Nc1ccc(Oc2cccc(I)c2)c2ncc(Br)cc12. The van der Waals surface area contributed by atoms with Gasteiger partial charge in [0.05, 0.1) is 0 Å². The van der Waals surface area contributed by atoms with E-state index >= 15 is 0 Å². The summed E-state index contributed by atoms with van der Waals surface area (Å²) < 4.78 is 7.94. The number of benzene rings is 2. The Morgan fingerprint density at radius 3 is 2.80 bits per heavy atom. The van der Waals surface area contributed by atoms with E-state index in [4.69, 9.17) is 10.5 Å². The van der Waals surface area contributed by atoms with Gasteiger partial charge < -0.3 is 10.5 Å². The van der Waals surface area contributed by atoms with Crippen LogP contribution in [0.4, 0.5) is 5.69 Å². The number of fused-ring (bicyclic) bond motifs is 1. The van der Waals surface area contributed by atoms with Crippen molar-refractivity contribution in [3.8, 4) is 11.5 Å². The molecule has 3 aromatic rings. The van der Waals surface area contributed by atoms with Gasteiger partial charge >= 0.3 is 0 Å². The van der Waals surface area contributed by atoms with E-state index in [1.165, 1.54) is 0 Å². The van der Waals surface area contributed by atoms with Gasteiger partial charge in [0, 0.05) is 25.3 Å². The molecule has 1 aromatic heterocycles. The van der Waals surface area contributed by atoms with Crippen LogP contribution in [-0.2, 0) is 0 Å². The van der Waals surface area contributed by atoms with Gasteiger partial charge in [0.1, 0.15) is 11.3 Å². The van der Waals surface area contributed by atoms with E-state index in [1.54, 1.807) is 6.20 Å². The highest BCUT2D eigenvalue weighted by atomic mass is 127. The first-order valence-electron chi connectivity index (χ1n) is 5.90. The summed E-state index contributed by atoms with van der Waals surface area (Å²) in [5.41, 5.74) is 7.43. The van der Waals surface area contributed by atoms with Crippen molar-refractivity contribution in [1.82, 2.24) is 4.98 Å². The number of pyridine rings is 1. The Morgan fingerprint density at radius 2 is 2.00 bits per heavy atom. The number of aromatic nitrogens is 1. The highest BCUT2D eigenvalue weighted by molar-refractivity contribution is 14.1. The summed E-state index contributed by atoms with van der Waals surface area (Å²) >= 11 is 5.66. The molecule has 0 bridgehead atoms. The topological polar surface area (TPSA) is 48.1 Å². The van der Waals surface area contributed by atoms with E-state index in [0.29, 0.717) is 11.4 Å². The Bertz CT molecular complexity index is 792. The van der Waals surface area contributed by atoms with Gasteiger partial charge in [0.15, 0.2) is 5.75 Å². The Labute approximate surface area is 138 Å². The molecule has 2 N–H and O–H groups in total. The quantitative estimate of drug-likeness (QED) is 0.451. The summed E-state index contributed by atoms with van der Waals surface area (Å²) in [4.78, 5) is 4.41. The predicted molar refractivity (Wildman–Crippen MR) is 93.1 cm³/mol. The molecule has 3 nitrogen and oxygen atoms in total. The number of nitrogens with two attached hydrogens (primary N) is 1. The lowest BCUT2D eigenvalue weighted by Crippen LogP contribution is -1.93. The summed E-state index contributed by atoms with van der Waals surface area (Å²) in [6.45, 7) is 0. The highest BCUT2D eigenvalue weighted by Crippen LogP contribution is 2.33. The number of rotatable bonds is 2. The Morgan fingerprint density at radius 1 is 1.15 bits per heavy atom. The van der Waals surface area contributed by atoms with Gasteiger partial charge in [-0.05, 0) is 74.9 Å². The van der Waals surface area contributed by atoms with Crippen molar-refractivity contribution < 1.29 is 4.74 Å². The van der Waals surface area contributed by atoms with Crippen LogP contribution in [0.5, 0.6) is 11.5 Å². The van der Waals surface area contributed by atoms with E-state index in [-0.39, 0.29) is 0 Å². The molecule has 1 heterocycles. The fourth-order valence-corrected chi connectivity index (χ4v) is 2.78. The number of halogens is 2. The second kappa shape index (κ2) is 5.57. The van der Waals surface area contributed by atoms with Crippen LogP contribution in [0.2, 0.25) is 0 Å². The van der Waals surface area contributed by atoms with E-state index in [2.05, 4.69) is 43.5 Å². The molecule has 20 heavy (non-hydrogen) atoms. The van der Waals surface area contributed by atoms with Crippen molar-refractivity contribution in [2.45, 2.75) is 0 Å². The van der Waals surface area contributed by atoms with Gasteiger partial charge in [-0.15, -0.1) is 0 Å². The smallest absolute Gasteiger partial charge is 0.153 e. The van der Waals surface area contributed by atoms with Gasteiger partial charge in [-0.25, -0.2) is 0 Å². The molecule has 0 saturated heterocycles. The number of anilines is 1. The number of nitrogen functional groups attached to an aromatic ring is 1. The minimum Gasteiger partial charge on any atom is -0.455 e. The molecule has 0 aliphatic carbocycles. The van der Waals surface area contributed by atoms with Gasteiger partial charge in [-0.2, -0.15) is 0 Å². The summed E-state index contributed by atoms with van der Waals surface area (Å²) in [5.74, 6) is 1.48. The maximum atomic E-state index is 5.99. The molecule has 0 unspecified atom stereocenters. The Balaban J connectivity index is 2.10.